The maximum atomic E-state index is 12.6. The van der Waals surface area contributed by atoms with Crippen LogP contribution in [0.3, 0.4) is 0 Å². The molecule has 6 nitrogen and oxygen atoms in total. The first-order valence-corrected chi connectivity index (χ1v) is 10.8. The number of nitrogens with zero attached hydrogens (tertiary/aromatic N) is 2. The topological polar surface area (TPSA) is 61.9 Å². The molecule has 0 saturated carbocycles. The molecule has 0 aliphatic carbocycles. The van der Waals surface area contributed by atoms with Gasteiger partial charge >= 0.3 is 0 Å². The van der Waals surface area contributed by atoms with Gasteiger partial charge in [-0.2, -0.15) is 0 Å². The summed E-state index contributed by atoms with van der Waals surface area (Å²) in [5.41, 5.74) is 0.826. The summed E-state index contributed by atoms with van der Waals surface area (Å²) >= 11 is 0. The lowest BCUT2D eigenvalue weighted by Crippen LogP contribution is -2.46. The lowest BCUT2D eigenvalue weighted by atomic mass is 10.1. The van der Waals surface area contributed by atoms with E-state index in [1.54, 1.807) is 18.2 Å². The normalized spacial score (nSPS) is 18.2. The van der Waals surface area contributed by atoms with E-state index in [2.05, 4.69) is 28.5 Å². The van der Waals surface area contributed by atoms with Gasteiger partial charge in [-0.25, -0.2) is 13.1 Å². The summed E-state index contributed by atoms with van der Waals surface area (Å²) in [5, 5.41) is 0. The molecule has 1 aromatic rings. The molecule has 26 heavy (non-hydrogen) atoms. The number of piperazine rings is 1. The number of hydrogen-bond donors (Lipinski definition) is 1. The van der Waals surface area contributed by atoms with Crippen molar-refractivity contribution in [2.75, 3.05) is 46.3 Å². The van der Waals surface area contributed by atoms with Crippen molar-refractivity contribution in [1.82, 2.24) is 14.5 Å². The fraction of sp³-hybridized carbons (Fsp3) is 0.684. The first-order chi connectivity index (χ1) is 12.2. The SMILES string of the molecule is Cc1cc(S(=O)(=O)NCC(C)CN2CCN(C)CC2)ccc1OC(C)C. The molecule has 0 aromatic heterocycles. The van der Waals surface area contributed by atoms with Crippen LogP contribution in [0.15, 0.2) is 23.1 Å². The summed E-state index contributed by atoms with van der Waals surface area (Å²) < 4.78 is 33.6. The van der Waals surface area contributed by atoms with Gasteiger partial charge in [-0.3, -0.25) is 0 Å². The molecule has 7 heteroatoms. The molecule has 1 aromatic carbocycles. The number of aryl methyl sites for hydroxylation is 1. The van der Waals surface area contributed by atoms with Crippen molar-refractivity contribution in [2.45, 2.75) is 38.7 Å². The van der Waals surface area contributed by atoms with Gasteiger partial charge in [0.1, 0.15) is 5.75 Å². The summed E-state index contributed by atoms with van der Waals surface area (Å²) in [6, 6.07) is 5.01. The lowest BCUT2D eigenvalue weighted by Gasteiger charge is -2.33. The summed E-state index contributed by atoms with van der Waals surface area (Å²) in [4.78, 5) is 5.01. The molecule has 1 saturated heterocycles. The Labute approximate surface area is 158 Å². The average molecular weight is 384 g/mol. The maximum Gasteiger partial charge on any atom is 0.240 e. The number of nitrogens with one attached hydrogen (secondary N) is 1. The maximum absolute atomic E-state index is 12.6. The van der Waals surface area contributed by atoms with E-state index in [1.165, 1.54) is 0 Å². The number of sulfonamides is 1. The van der Waals surface area contributed by atoms with Crippen molar-refractivity contribution in [3.05, 3.63) is 23.8 Å². The van der Waals surface area contributed by atoms with Gasteiger partial charge in [0.25, 0.3) is 0 Å². The Balaban J connectivity index is 1.90. The smallest absolute Gasteiger partial charge is 0.240 e. The van der Waals surface area contributed by atoms with E-state index in [-0.39, 0.29) is 16.9 Å². The van der Waals surface area contributed by atoms with Gasteiger partial charge in [-0.1, -0.05) is 6.92 Å². The highest BCUT2D eigenvalue weighted by Crippen LogP contribution is 2.22. The average Bonchev–Trinajstić information content (AvgIpc) is 2.56. The standard InChI is InChI=1S/C19H33N3O3S/c1-15(2)25-19-7-6-18(12-17(19)4)26(23,24)20-13-16(3)14-22-10-8-21(5)9-11-22/h6-7,12,15-16,20H,8-11,13-14H2,1-5H3. The highest BCUT2D eigenvalue weighted by atomic mass is 32.2. The molecule has 0 amide bonds. The number of rotatable bonds is 8. The first-order valence-electron chi connectivity index (χ1n) is 9.35. The third kappa shape index (κ3) is 6.23. The van der Waals surface area contributed by atoms with Crippen molar-refractivity contribution in [3.63, 3.8) is 0 Å². The van der Waals surface area contributed by atoms with Crippen LogP contribution in [0.2, 0.25) is 0 Å². The van der Waals surface area contributed by atoms with Crippen LogP contribution >= 0.6 is 0 Å². The number of hydrogen-bond acceptors (Lipinski definition) is 5. The Morgan fingerprint density at radius 3 is 2.38 bits per heavy atom. The van der Waals surface area contributed by atoms with E-state index in [1.807, 2.05) is 20.8 Å². The Morgan fingerprint density at radius 1 is 1.15 bits per heavy atom. The Hall–Kier alpha value is -1.15. The molecule has 1 fully saturated rings. The van der Waals surface area contributed by atoms with Gasteiger partial charge in [-0.15, -0.1) is 0 Å². The zero-order valence-corrected chi connectivity index (χ0v) is 17.5. The van der Waals surface area contributed by atoms with Crippen LogP contribution in [0.1, 0.15) is 26.3 Å². The second-order valence-electron chi connectivity index (χ2n) is 7.65. The van der Waals surface area contributed by atoms with Gasteiger partial charge in [0.2, 0.25) is 10.0 Å². The first kappa shape index (κ1) is 21.2. The van der Waals surface area contributed by atoms with Crippen LogP contribution < -0.4 is 9.46 Å². The molecule has 0 radical (unpaired) electrons. The fourth-order valence-corrected chi connectivity index (χ4v) is 4.30. The molecule has 1 aliphatic rings. The summed E-state index contributed by atoms with van der Waals surface area (Å²) in [6.07, 6.45) is 0.0599. The molecule has 1 N–H and O–H groups in total. The second-order valence-corrected chi connectivity index (χ2v) is 9.42. The highest BCUT2D eigenvalue weighted by molar-refractivity contribution is 7.89. The van der Waals surface area contributed by atoms with Crippen LogP contribution in [0.25, 0.3) is 0 Å². The minimum atomic E-state index is -3.50. The molecule has 1 atom stereocenters. The Kier molecular flexibility index (Phi) is 7.46. The third-order valence-corrected chi connectivity index (χ3v) is 6.03. The summed E-state index contributed by atoms with van der Waals surface area (Å²) in [6.45, 7) is 13.5. The summed E-state index contributed by atoms with van der Waals surface area (Å²) in [5.74, 6) is 0.986. The number of ether oxygens (including phenoxy) is 1. The van der Waals surface area contributed by atoms with Crippen molar-refractivity contribution in [2.24, 2.45) is 5.92 Å². The molecule has 148 valence electrons. The van der Waals surface area contributed by atoms with Gasteiger partial charge in [0, 0.05) is 39.3 Å². The lowest BCUT2D eigenvalue weighted by molar-refractivity contribution is 0.139. The van der Waals surface area contributed by atoms with E-state index < -0.39 is 10.0 Å². The zero-order valence-electron chi connectivity index (χ0n) is 16.7. The van der Waals surface area contributed by atoms with E-state index >= 15 is 0 Å². The van der Waals surface area contributed by atoms with Crippen LogP contribution in [-0.4, -0.2) is 70.6 Å². The van der Waals surface area contributed by atoms with E-state index in [0.29, 0.717) is 6.54 Å². The fourth-order valence-electron chi connectivity index (χ4n) is 3.05. The van der Waals surface area contributed by atoms with E-state index in [0.717, 1.165) is 44.0 Å². The Bertz CT molecular complexity index is 683. The molecular formula is C19H33N3O3S. The summed E-state index contributed by atoms with van der Waals surface area (Å²) in [7, 11) is -1.37. The Morgan fingerprint density at radius 2 is 1.81 bits per heavy atom. The minimum absolute atomic E-state index is 0.0599. The zero-order chi connectivity index (χ0) is 19.3. The van der Waals surface area contributed by atoms with Crippen molar-refractivity contribution >= 4 is 10.0 Å². The van der Waals surface area contributed by atoms with Gasteiger partial charge < -0.3 is 14.5 Å². The predicted molar refractivity (Wildman–Crippen MR) is 105 cm³/mol. The molecule has 0 bridgehead atoms. The molecule has 1 aliphatic heterocycles. The van der Waals surface area contributed by atoms with Crippen LogP contribution in [0, 0.1) is 12.8 Å². The molecular weight excluding hydrogens is 350 g/mol. The monoisotopic (exact) mass is 383 g/mol. The van der Waals surface area contributed by atoms with Crippen LogP contribution in [0.4, 0.5) is 0 Å². The molecule has 2 rings (SSSR count). The molecule has 0 spiro atoms. The number of benzene rings is 1. The predicted octanol–water partition coefficient (Wildman–Crippen LogP) is 1.94. The largest absolute Gasteiger partial charge is 0.491 e. The molecule has 1 heterocycles. The van der Waals surface area contributed by atoms with Crippen LogP contribution in [-0.2, 0) is 10.0 Å². The van der Waals surface area contributed by atoms with E-state index in [9.17, 15) is 8.42 Å². The number of likely N-dealkylation sites (N-methyl/N-ethyl adjacent to an activating group) is 1. The van der Waals surface area contributed by atoms with Crippen molar-refractivity contribution in [1.29, 1.82) is 0 Å². The minimum Gasteiger partial charge on any atom is -0.491 e. The molecule has 1 unspecified atom stereocenters. The van der Waals surface area contributed by atoms with Crippen molar-refractivity contribution in [3.8, 4) is 5.75 Å². The van der Waals surface area contributed by atoms with Gasteiger partial charge in [-0.05, 0) is 57.5 Å². The quantitative estimate of drug-likeness (QED) is 0.743. The third-order valence-electron chi connectivity index (χ3n) is 4.61. The highest BCUT2D eigenvalue weighted by Gasteiger charge is 2.19. The van der Waals surface area contributed by atoms with E-state index in [4.69, 9.17) is 4.74 Å². The van der Waals surface area contributed by atoms with Crippen molar-refractivity contribution < 1.29 is 13.2 Å². The van der Waals surface area contributed by atoms with Gasteiger partial charge in [0.05, 0.1) is 11.0 Å². The van der Waals surface area contributed by atoms with Crippen LogP contribution in [0.5, 0.6) is 5.75 Å². The van der Waals surface area contributed by atoms with Gasteiger partial charge in [0.15, 0.2) is 0 Å². The second kappa shape index (κ2) is 9.17.